The van der Waals surface area contributed by atoms with Crippen molar-refractivity contribution in [1.29, 1.82) is 5.26 Å². The Morgan fingerprint density at radius 3 is 2.43 bits per heavy atom. The topological polar surface area (TPSA) is 87.4 Å². The molecule has 1 aliphatic rings. The Morgan fingerprint density at radius 2 is 1.86 bits per heavy atom. The summed E-state index contributed by atoms with van der Waals surface area (Å²) in [6, 6.07) is 5.30. The number of alkyl halides is 4. The molecule has 144 valence electrons. The minimum atomic E-state index is -5.55. The van der Waals surface area contributed by atoms with E-state index < -0.39 is 60.4 Å². The van der Waals surface area contributed by atoms with Gasteiger partial charge in [-0.1, -0.05) is 0 Å². The van der Waals surface area contributed by atoms with E-state index in [0.29, 0.717) is 12.1 Å². The van der Waals surface area contributed by atoms with Crippen LogP contribution < -0.4 is 4.74 Å². The van der Waals surface area contributed by atoms with E-state index in [4.69, 9.17) is 17.8 Å². The molecule has 28 heavy (non-hydrogen) atoms. The van der Waals surface area contributed by atoms with Gasteiger partial charge in [0.25, 0.3) is 6.43 Å². The average molecular weight is 415 g/mol. The van der Waals surface area contributed by atoms with Crippen LogP contribution in [0.25, 0.3) is 0 Å². The van der Waals surface area contributed by atoms with Gasteiger partial charge < -0.3 is 9.84 Å². The van der Waals surface area contributed by atoms with Gasteiger partial charge in [0.15, 0.2) is 0 Å². The number of hydrogen-bond acceptors (Lipinski definition) is 5. The summed E-state index contributed by atoms with van der Waals surface area (Å²) in [7, 11) is -0.507. The summed E-state index contributed by atoms with van der Waals surface area (Å²) in [6.07, 6.45) is -3.59. The van der Waals surface area contributed by atoms with Gasteiger partial charge in [0, 0.05) is 11.6 Å². The lowest BCUT2D eigenvalue weighted by atomic mass is 9.74. The molecule has 2 radical (unpaired) electrons. The molecule has 0 aliphatic carbocycles. The van der Waals surface area contributed by atoms with Crippen LogP contribution in [0.15, 0.2) is 35.2 Å². The fraction of sp³-hybridized carbons (Fsp3) is 0.188. The lowest BCUT2D eigenvalue weighted by Gasteiger charge is -2.27. The number of benzene rings is 2. The predicted octanol–water partition coefficient (Wildman–Crippen LogP) is 3.12. The van der Waals surface area contributed by atoms with E-state index in [-0.39, 0.29) is 5.56 Å². The van der Waals surface area contributed by atoms with Crippen LogP contribution in [0, 0.1) is 17.1 Å². The van der Waals surface area contributed by atoms with Crippen LogP contribution in [0.1, 0.15) is 23.1 Å². The smallest absolute Gasteiger partial charge is 0.373 e. The van der Waals surface area contributed by atoms with Gasteiger partial charge in [-0.25, -0.2) is 21.6 Å². The molecular weight excluding hydrogens is 408 g/mol. The zero-order valence-electron chi connectivity index (χ0n) is 13.5. The molecule has 2 aromatic rings. The van der Waals surface area contributed by atoms with Gasteiger partial charge in [0.2, 0.25) is 9.84 Å². The number of halogens is 5. The first-order valence-corrected chi connectivity index (χ1v) is 8.80. The number of rotatable bonds is 3. The third-order valence-electron chi connectivity index (χ3n) is 4.07. The normalized spacial score (nSPS) is 21.9. The Hall–Kier alpha value is -2.65. The largest absolute Gasteiger partial charge is 0.457 e. The van der Waals surface area contributed by atoms with Crippen molar-refractivity contribution in [2.45, 2.75) is 22.1 Å². The van der Waals surface area contributed by atoms with E-state index in [1.165, 1.54) is 0 Å². The fourth-order valence-electron chi connectivity index (χ4n) is 2.80. The van der Waals surface area contributed by atoms with Crippen LogP contribution in [0.3, 0.4) is 0 Å². The van der Waals surface area contributed by atoms with Gasteiger partial charge >= 0.3 is 5.25 Å². The quantitative estimate of drug-likeness (QED) is 0.615. The lowest BCUT2D eigenvalue weighted by Crippen LogP contribution is -2.45. The molecule has 12 heteroatoms. The first-order valence-electron chi connectivity index (χ1n) is 7.32. The standard InChI is InChI=1S/C16H7BF5NO4S/c17-15(24)13-11(28(25,26)16(15,21)22)2-1-10(12(13)14(19)20)27-9-4-7(6-23)3-8(18)5-9/h1-5,14,24H. The van der Waals surface area contributed by atoms with Gasteiger partial charge in [-0.15, -0.1) is 0 Å². The van der Waals surface area contributed by atoms with Crippen molar-refractivity contribution in [1.82, 2.24) is 0 Å². The molecule has 5 nitrogen and oxygen atoms in total. The number of sulfone groups is 1. The molecule has 3 rings (SSSR count). The van der Waals surface area contributed by atoms with Crippen molar-refractivity contribution < 1.29 is 40.2 Å². The summed E-state index contributed by atoms with van der Waals surface area (Å²) in [6.45, 7) is 0. The number of nitrogens with zero attached hydrogens (tertiary/aromatic N) is 1. The molecule has 0 saturated carbocycles. The summed E-state index contributed by atoms with van der Waals surface area (Å²) in [4.78, 5) is -1.28. The van der Waals surface area contributed by atoms with Crippen molar-refractivity contribution in [3.05, 3.63) is 52.8 Å². The van der Waals surface area contributed by atoms with Gasteiger partial charge in [-0.3, -0.25) is 0 Å². The van der Waals surface area contributed by atoms with E-state index in [1.807, 2.05) is 0 Å². The van der Waals surface area contributed by atoms with Crippen LogP contribution >= 0.6 is 0 Å². The number of hydrogen-bond donors (Lipinski definition) is 1. The fourth-order valence-corrected chi connectivity index (χ4v) is 4.37. The molecule has 0 saturated heterocycles. The Labute approximate surface area is 156 Å². The molecule has 1 N–H and O–H groups in total. The summed E-state index contributed by atoms with van der Waals surface area (Å²) in [5.41, 5.74) is -6.99. The molecule has 0 bridgehead atoms. The monoisotopic (exact) mass is 415 g/mol. The second kappa shape index (κ2) is 6.18. The highest BCUT2D eigenvalue weighted by atomic mass is 32.2. The van der Waals surface area contributed by atoms with E-state index in [9.17, 15) is 35.5 Å². The molecule has 1 heterocycles. The maximum atomic E-state index is 14.1. The van der Waals surface area contributed by atoms with Crippen LogP contribution in [0.5, 0.6) is 11.5 Å². The average Bonchev–Trinajstić information content (AvgIpc) is 2.69. The van der Waals surface area contributed by atoms with E-state index in [2.05, 4.69) is 0 Å². The highest BCUT2D eigenvalue weighted by Crippen LogP contribution is 2.55. The molecule has 0 aromatic heterocycles. The number of ether oxygens (including phenoxy) is 1. The summed E-state index contributed by atoms with van der Waals surface area (Å²) in [5.74, 6) is -2.23. The van der Waals surface area contributed by atoms with Crippen LogP contribution in [-0.4, -0.2) is 26.6 Å². The van der Waals surface area contributed by atoms with Gasteiger partial charge in [0.1, 0.15) is 30.7 Å². The van der Waals surface area contributed by atoms with Gasteiger partial charge in [-0.2, -0.15) is 14.0 Å². The maximum Gasteiger partial charge on any atom is 0.373 e. The summed E-state index contributed by atoms with van der Waals surface area (Å²) >= 11 is 0. The van der Waals surface area contributed by atoms with Crippen LogP contribution in [0.4, 0.5) is 22.0 Å². The van der Waals surface area contributed by atoms with Crippen molar-refractivity contribution >= 4 is 17.7 Å². The van der Waals surface area contributed by atoms with Crippen molar-refractivity contribution in [3.8, 4) is 17.6 Å². The first kappa shape index (κ1) is 20.1. The highest BCUT2D eigenvalue weighted by Gasteiger charge is 2.68. The lowest BCUT2D eigenvalue weighted by molar-refractivity contribution is -0.0714. The molecule has 0 amide bonds. The van der Waals surface area contributed by atoms with Gasteiger partial charge in [0.05, 0.1) is 22.1 Å². The molecule has 1 unspecified atom stereocenters. The number of nitriles is 1. The summed E-state index contributed by atoms with van der Waals surface area (Å²) < 4.78 is 98.0. The van der Waals surface area contributed by atoms with Crippen LogP contribution in [0.2, 0.25) is 0 Å². The highest BCUT2D eigenvalue weighted by molar-refractivity contribution is 7.93. The maximum absolute atomic E-state index is 14.1. The minimum absolute atomic E-state index is 0.223. The zero-order chi connectivity index (χ0) is 21.1. The Balaban J connectivity index is 2.26. The van der Waals surface area contributed by atoms with E-state index in [0.717, 1.165) is 18.2 Å². The Morgan fingerprint density at radius 1 is 1.21 bits per heavy atom. The number of aliphatic hydroxyl groups is 1. The molecule has 0 spiro atoms. The molecular formula is C16H7BF5NO4S. The Bertz CT molecular complexity index is 1130. The van der Waals surface area contributed by atoms with Crippen molar-refractivity contribution in [3.63, 3.8) is 0 Å². The molecule has 1 atom stereocenters. The zero-order valence-corrected chi connectivity index (χ0v) is 14.3. The second-order valence-corrected chi connectivity index (χ2v) is 7.79. The summed E-state index contributed by atoms with van der Waals surface area (Å²) in [5, 5.41) is 13.8. The van der Waals surface area contributed by atoms with Crippen LogP contribution in [-0.2, 0) is 15.3 Å². The number of fused-ring (bicyclic) bond motifs is 1. The van der Waals surface area contributed by atoms with Crippen molar-refractivity contribution in [2.75, 3.05) is 0 Å². The third-order valence-corrected chi connectivity index (χ3v) is 5.97. The second-order valence-electron chi connectivity index (χ2n) is 5.83. The first-order chi connectivity index (χ1) is 12.8. The molecule has 1 aliphatic heterocycles. The SMILES string of the molecule is [B]C1(O)c2c(ccc(Oc3cc(F)cc(C#N)c3)c2C(F)F)S(=O)(=O)C1(F)F. The Kier molecular flexibility index (Phi) is 4.44. The molecule has 0 fully saturated rings. The predicted molar refractivity (Wildman–Crippen MR) is 84.4 cm³/mol. The van der Waals surface area contributed by atoms with E-state index in [1.54, 1.807) is 6.07 Å². The van der Waals surface area contributed by atoms with Crippen molar-refractivity contribution in [2.24, 2.45) is 0 Å². The van der Waals surface area contributed by atoms with E-state index >= 15 is 0 Å². The minimum Gasteiger partial charge on any atom is -0.457 e. The molecule has 2 aromatic carbocycles. The third kappa shape index (κ3) is 2.65. The van der Waals surface area contributed by atoms with Gasteiger partial charge in [-0.05, 0) is 24.3 Å².